The average molecular weight is 433 g/mol. The molecule has 9 heteroatoms. The van der Waals surface area contributed by atoms with Crippen LogP contribution >= 0.6 is 11.3 Å². The Bertz CT molecular complexity index is 1150. The van der Waals surface area contributed by atoms with Gasteiger partial charge in [0.05, 0.1) is 19.1 Å². The van der Waals surface area contributed by atoms with Crippen molar-refractivity contribution in [1.82, 2.24) is 19.7 Å². The molecule has 0 unspecified atom stereocenters. The number of methoxy groups -OCH3 is 2. The number of carbonyl (C=O) groups excluding carboxylic acids is 1. The molecule has 31 heavy (non-hydrogen) atoms. The number of aromatic nitrogens is 4. The van der Waals surface area contributed by atoms with Gasteiger partial charge in [-0.05, 0) is 41.3 Å². The van der Waals surface area contributed by atoms with Crippen molar-refractivity contribution in [3.63, 3.8) is 0 Å². The van der Waals surface area contributed by atoms with E-state index in [0.717, 1.165) is 10.4 Å². The summed E-state index contributed by atoms with van der Waals surface area (Å²) in [7, 11) is 3.14. The van der Waals surface area contributed by atoms with E-state index in [2.05, 4.69) is 20.4 Å². The Hall–Kier alpha value is -3.98. The summed E-state index contributed by atoms with van der Waals surface area (Å²) in [6.45, 7) is 0. The Morgan fingerprint density at radius 1 is 1.10 bits per heavy atom. The maximum Gasteiger partial charge on any atom is 0.249 e. The molecule has 0 aliphatic heterocycles. The molecule has 8 nitrogen and oxygen atoms in total. The van der Waals surface area contributed by atoms with Gasteiger partial charge in [-0.3, -0.25) is 4.79 Å². The largest absolute Gasteiger partial charge is 0.493 e. The molecule has 0 radical (unpaired) electrons. The molecule has 0 saturated carbocycles. The SMILES string of the molecule is COc1ccc(/C=C/C(=O)Nc2cc(-n3cccn3)nc(-c3cccs3)n2)cc1OC. The van der Waals surface area contributed by atoms with Crippen molar-refractivity contribution in [2.75, 3.05) is 19.5 Å². The summed E-state index contributed by atoms with van der Waals surface area (Å²) in [5.74, 6) is 2.34. The fourth-order valence-corrected chi connectivity index (χ4v) is 3.49. The first kappa shape index (κ1) is 20.3. The Balaban J connectivity index is 1.57. The van der Waals surface area contributed by atoms with E-state index in [9.17, 15) is 4.79 Å². The van der Waals surface area contributed by atoms with Gasteiger partial charge >= 0.3 is 0 Å². The highest BCUT2D eigenvalue weighted by molar-refractivity contribution is 7.13. The minimum absolute atomic E-state index is 0.322. The van der Waals surface area contributed by atoms with E-state index in [1.165, 1.54) is 17.4 Å². The summed E-state index contributed by atoms with van der Waals surface area (Å²) in [5.41, 5.74) is 0.798. The Morgan fingerprint density at radius 3 is 2.68 bits per heavy atom. The Kier molecular flexibility index (Phi) is 6.04. The second-order valence-electron chi connectivity index (χ2n) is 6.30. The maximum absolute atomic E-state index is 12.5. The summed E-state index contributed by atoms with van der Waals surface area (Å²) in [6, 6.07) is 12.7. The summed E-state index contributed by atoms with van der Waals surface area (Å²) in [5, 5.41) is 8.96. The van der Waals surface area contributed by atoms with E-state index in [1.807, 2.05) is 23.6 Å². The average Bonchev–Trinajstić information content (AvgIpc) is 3.52. The monoisotopic (exact) mass is 433 g/mol. The van der Waals surface area contributed by atoms with Crippen molar-refractivity contribution in [2.45, 2.75) is 0 Å². The number of benzene rings is 1. The minimum Gasteiger partial charge on any atom is -0.493 e. The second kappa shape index (κ2) is 9.23. The summed E-state index contributed by atoms with van der Waals surface area (Å²) in [4.78, 5) is 22.5. The molecule has 156 valence electrons. The highest BCUT2D eigenvalue weighted by atomic mass is 32.1. The highest BCUT2D eigenvalue weighted by Gasteiger charge is 2.11. The molecule has 1 amide bonds. The normalized spacial score (nSPS) is 10.9. The first-order valence-electron chi connectivity index (χ1n) is 9.30. The van der Waals surface area contributed by atoms with Gasteiger partial charge in [0.1, 0.15) is 5.82 Å². The van der Waals surface area contributed by atoms with E-state index >= 15 is 0 Å². The Morgan fingerprint density at radius 2 is 1.97 bits per heavy atom. The molecule has 1 N–H and O–H groups in total. The molecule has 4 aromatic rings. The molecule has 0 aliphatic carbocycles. The molecule has 0 aliphatic rings. The van der Waals surface area contributed by atoms with Crippen LogP contribution in [-0.4, -0.2) is 39.9 Å². The van der Waals surface area contributed by atoms with E-state index in [1.54, 1.807) is 61.6 Å². The van der Waals surface area contributed by atoms with Crippen LogP contribution in [0, 0.1) is 0 Å². The number of hydrogen-bond acceptors (Lipinski definition) is 7. The van der Waals surface area contributed by atoms with Gasteiger partial charge in [-0.25, -0.2) is 14.6 Å². The highest BCUT2D eigenvalue weighted by Crippen LogP contribution is 2.28. The van der Waals surface area contributed by atoms with Crippen LogP contribution in [0.4, 0.5) is 5.82 Å². The molecule has 0 saturated heterocycles. The third-order valence-corrected chi connectivity index (χ3v) is 5.15. The third kappa shape index (κ3) is 4.78. The lowest BCUT2D eigenvalue weighted by atomic mass is 10.2. The van der Waals surface area contributed by atoms with Crippen LogP contribution in [0.25, 0.3) is 22.6 Å². The topological polar surface area (TPSA) is 91.2 Å². The first-order valence-corrected chi connectivity index (χ1v) is 10.2. The lowest BCUT2D eigenvalue weighted by Gasteiger charge is -2.08. The number of carbonyl (C=O) groups is 1. The molecule has 3 heterocycles. The van der Waals surface area contributed by atoms with Crippen molar-refractivity contribution >= 4 is 29.1 Å². The zero-order chi connectivity index (χ0) is 21.6. The number of nitrogens with zero attached hydrogens (tertiary/aromatic N) is 4. The fourth-order valence-electron chi connectivity index (χ4n) is 2.83. The van der Waals surface area contributed by atoms with Gasteiger partial charge in [0.25, 0.3) is 0 Å². The van der Waals surface area contributed by atoms with Gasteiger partial charge in [-0.2, -0.15) is 5.10 Å². The summed E-state index contributed by atoms with van der Waals surface area (Å²) < 4.78 is 12.1. The van der Waals surface area contributed by atoms with Crippen molar-refractivity contribution in [1.29, 1.82) is 0 Å². The van der Waals surface area contributed by atoms with Crippen LogP contribution < -0.4 is 14.8 Å². The lowest BCUT2D eigenvalue weighted by molar-refractivity contribution is -0.111. The van der Waals surface area contributed by atoms with Crippen LogP contribution in [-0.2, 0) is 4.79 Å². The maximum atomic E-state index is 12.5. The predicted octanol–water partition coefficient (Wildman–Crippen LogP) is 4.06. The third-order valence-electron chi connectivity index (χ3n) is 4.28. The molecule has 0 spiro atoms. The molecule has 4 rings (SSSR count). The number of rotatable bonds is 7. The zero-order valence-electron chi connectivity index (χ0n) is 16.9. The standard InChI is InChI=1S/C22H19N5O3S/c1-29-16-8-6-15(13-17(16)30-2)7-9-21(28)24-19-14-20(27-11-4-10-23-27)26-22(25-19)18-5-3-12-31-18/h3-14H,1-2H3,(H,24,25,26,28)/b9-7+. The molecular weight excluding hydrogens is 414 g/mol. The molecule has 0 atom stereocenters. The number of amides is 1. The molecular formula is C22H19N5O3S. The zero-order valence-corrected chi connectivity index (χ0v) is 17.7. The van der Waals surface area contributed by atoms with Crippen LogP contribution in [0.1, 0.15) is 5.56 Å². The van der Waals surface area contributed by atoms with E-state index in [0.29, 0.717) is 29.0 Å². The quantitative estimate of drug-likeness (QED) is 0.442. The van der Waals surface area contributed by atoms with Crippen LogP contribution in [0.2, 0.25) is 0 Å². The minimum atomic E-state index is -0.322. The molecule has 0 bridgehead atoms. The predicted molar refractivity (Wildman–Crippen MR) is 120 cm³/mol. The van der Waals surface area contributed by atoms with Crippen LogP contribution in [0.3, 0.4) is 0 Å². The van der Waals surface area contributed by atoms with Crippen LogP contribution in [0.15, 0.2) is 66.3 Å². The number of thiophene rings is 1. The van der Waals surface area contributed by atoms with Crippen molar-refractivity contribution in [3.8, 4) is 28.0 Å². The van der Waals surface area contributed by atoms with Crippen LogP contribution in [0.5, 0.6) is 11.5 Å². The fraction of sp³-hybridized carbons (Fsp3) is 0.0909. The van der Waals surface area contributed by atoms with E-state index in [-0.39, 0.29) is 5.91 Å². The number of anilines is 1. The van der Waals surface area contributed by atoms with E-state index in [4.69, 9.17) is 9.47 Å². The van der Waals surface area contributed by atoms with Gasteiger partial charge in [0, 0.05) is 24.5 Å². The summed E-state index contributed by atoms with van der Waals surface area (Å²) in [6.07, 6.45) is 6.56. The first-order chi connectivity index (χ1) is 15.2. The summed E-state index contributed by atoms with van der Waals surface area (Å²) >= 11 is 1.52. The molecule has 3 aromatic heterocycles. The van der Waals surface area contributed by atoms with Gasteiger partial charge in [0.2, 0.25) is 5.91 Å². The second-order valence-corrected chi connectivity index (χ2v) is 7.25. The Labute approximate surface area is 182 Å². The van der Waals surface area contributed by atoms with Crippen molar-refractivity contribution < 1.29 is 14.3 Å². The molecule has 1 aromatic carbocycles. The van der Waals surface area contributed by atoms with Gasteiger partial charge in [-0.15, -0.1) is 11.3 Å². The van der Waals surface area contributed by atoms with Crippen molar-refractivity contribution in [2.24, 2.45) is 0 Å². The number of hydrogen-bond donors (Lipinski definition) is 1. The van der Waals surface area contributed by atoms with Gasteiger partial charge < -0.3 is 14.8 Å². The van der Waals surface area contributed by atoms with Gasteiger partial charge in [0.15, 0.2) is 23.1 Å². The number of nitrogens with one attached hydrogen (secondary N) is 1. The smallest absolute Gasteiger partial charge is 0.249 e. The number of ether oxygens (including phenoxy) is 2. The van der Waals surface area contributed by atoms with Crippen molar-refractivity contribution in [3.05, 3.63) is 71.9 Å². The van der Waals surface area contributed by atoms with Gasteiger partial charge in [-0.1, -0.05) is 12.1 Å². The lowest BCUT2D eigenvalue weighted by Crippen LogP contribution is -2.11. The van der Waals surface area contributed by atoms with E-state index < -0.39 is 0 Å². The molecule has 0 fully saturated rings.